The second-order valence-electron chi connectivity index (χ2n) is 6.72. The van der Waals surface area contributed by atoms with E-state index in [1.165, 1.54) is 22.8 Å². The molecule has 30 heavy (non-hydrogen) atoms. The summed E-state index contributed by atoms with van der Waals surface area (Å²) in [5.41, 5.74) is 1.55. The predicted octanol–water partition coefficient (Wildman–Crippen LogP) is 2.71. The van der Waals surface area contributed by atoms with Crippen LogP contribution < -0.4 is 9.64 Å². The molecule has 10 heteroatoms. The van der Waals surface area contributed by atoms with Crippen molar-refractivity contribution in [3.05, 3.63) is 60.1 Å². The summed E-state index contributed by atoms with van der Waals surface area (Å²) in [6.07, 6.45) is 4.85. The van der Waals surface area contributed by atoms with Gasteiger partial charge in [0.25, 0.3) is 0 Å². The Bertz CT molecular complexity index is 1130. The predicted molar refractivity (Wildman–Crippen MR) is 114 cm³/mol. The van der Waals surface area contributed by atoms with Gasteiger partial charge in [0.05, 0.1) is 23.9 Å². The van der Waals surface area contributed by atoms with Crippen LogP contribution in [0.15, 0.2) is 60.0 Å². The molecule has 0 bridgehead atoms. The van der Waals surface area contributed by atoms with Crippen LogP contribution in [-0.4, -0.2) is 61.0 Å². The minimum absolute atomic E-state index is 0.246. The quantitative estimate of drug-likeness (QED) is 0.596. The second-order valence-corrected chi connectivity index (χ2v) is 9.09. The normalized spacial score (nSPS) is 15.2. The zero-order valence-electron chi connectivity index (χ0n) is 16.3. The van der Waals surface area contributed by atoms with Crippen molar-refractivity contribution in [2.24, 2.45) is 0 Å². The van der Waals surface area contributed by atoms with E-state index in [4.69, 9.17) is 16.3 Å². The highest BCUT2D eigenvalue weighted by molar-refractivity contribution is 7.89. The van der Waals surface area contributed by atoms with Gasteiger partial charge in [0.2, 0.25) is 10.0 Å². The molecule has 0 N–H and O–H groups in total. The first-order valence-corrected chi connectivity index (χ1v) is 11.1. The summed E-state index contributed by atoms with van der Waals surface area (Å²) >= 11 is 5.87. The second kappa shape index (κ2) is 8.55. The number of anilines is 1. The highest BCUT2D eigenvalue weighted by atomic mass is 35.5. The lowest BCUT2D eigenvalue weighted by molar-refractivity contribution is 0.384. The van der Waals surface area contributed by atoms with Gasteiger partial charge in [-0.3, -0.25) is 4.98 Å². The highest BCUT2D eigenvalue weighted by Crippen LogP contribution is 2.25. The fourth-order valence-electron chi connectivity index (χ4n) is 3.26. The molecule has 0 atom stereocenters. The van der Waals surface area contributed by atoms with Crippen LogP contribution in [-0.2, 0) is 10.0 Å². The van der Waals surface area contributed by atoms with E-state index in [9.17, 15) is 8.42 Å². The van der Waals surface area contributed by atoms with Crippen molar-refractivity contribution in [3.63, 3.8) is 0 Å². The third-order valence-corrected chi connectivity index (χ3v) is 7.08. The van der Waals surface area contributed by atoms with Crippen LogP contribution in [0.2, 0.25) is 5.02 Å². The number of hydrogen-bond donors (Lipinski definition) is 0. The van der Waals surface area contributed by atoms with E-state index in [-0.39, 0.29) is 4.90 Å². The number of hydrogen-bond acceptors (Lipinski definition) is 7. The summed E-state index contributed by atoms with van der Waals surface area (Å²) in [5.74, 6) is 1.39. The molecule has 8 nitrogen and oxygen atoms in total. The smallest absolute Gasteiger partial charge is 0.243 e. The lowest BCUT2D eigenvalue weighted by Crippen LogP contribution is -2.48. The Morgan fingerprint density at radius 2 is 1.73 bits per heavy atom. The fraction of sp³-hybridized carbons (Fsp3) is 0.250. The van der Waals surface area contributed by atoms with Crippen LogP contribution >= 0.6 is 11.6 Å². The van der Waals surface area contributed by atoms with Crippen molar-refractivity contribution in [1.82, 2.24) is 19.3 Å². The summed E-state index contributed by atoms with van der Waals surface area (Å²) < 4.78 is 32.4. The number of halogens is 1. The number of aromatic nitrogens is 3. The van der Waals surface area contributed by atoms with Gasteiger partial charge in [-0.05, 0) is 30.3 Å². The van der Waals surface area contributed by atoms with E-state index in [1.807, 2.05) is 17.0 Å². The Hall–Kier alpha value is -2.75. The van der Waals surface area contributed by atoms with Crippen molar-refractivity contribution in [3.8, 4) is 17.0 Å². The molecule has 3 heterocycles. The van der Waals surface area contributed by atoms with Crippen LogP contribution in [0.3, 0.4) is 0 Å². The Balaban J connectivity index is 1.48. The summed E-state index contributed by atoms with van der Waals surface area (Å²) in [6, 6.07) is 9.96. The Morgan fingerprint density at radius 3 is 2.43 bits per heavy atom. The van der Waals surface area contributed by atoms with Gasteiger partial charge in [-0.25, -0.2) is 18.4 Å². The molecule has 0 saturated carbocycles. The maximum atomic E-state index is 12.9. The first-order chi connectivity index (χ1) is 14.5. The van der Waals surface area contributed by atoms with Crippen LogP contribution in [0.25, 0.3) is 11.3 Å². The lowest BCUT2D eigenvalue weighted by Gasteiger charge is -2.34. The van der Waals surface area contributed by atoms with E-state index in [2.05, 4.69) is 15.0 Å². The highest BCUT2D eigenvalue weighted by Gasteiger charge is 2.29. The molecule has 0 amide bonds. The average molecular weight is 446 g/mol. The Labute approximate surface area is 180 Å². The van der Waals surface area contributed by atoms with Gasteiger partial charge >= 0.3 is 0 Å². The largest absolute Gasteiger partial charge is 0.495 e. The monoisotopic (exact) mass is 445 g/mol. The standard InChI is InChI=1S/C20H20ClN5O3S/c1-29-17-10-15(12-22-13-17)19-11-20(24-14-23-19)25-6-8-26(9-7-25)30(27,28)18-4-2-16(21)3-5-18/h2-5,10-14H,6-9H2,1H3. The molecule has 4 rings (SSSR count). The summed E-state index contributed by atoms with van der Waals surface area (Å²) in [4.78, 5) is 15.2. The maximum absolute atomic E-state index is 12.9. The van der Waals surface area contributed by atoms with Gasteiger partial charge in [0, 0.05) is 49.0 Å². The molecular weight excluding hydrogens is 426 g/mol. The van der Waals surface area contributed by atoms with Gasteiger partial charge in [0.1, 0.15) is 17.9 Å². The van der Waals surface area contributed by atoms with E-state index >= 15 is 0 Å². The number of sulfonamides is 1. The summed E-state index contributed by atoms with van der Waals surface area (Å²) in [6.45, 7) is 1.79. The van der Waals surface area contributed by atoms with Gasteiger partial charge in [-0.1, -0.05) is 11.6 Å². The fourth-order valence-corrected chi connectivity index (χ4v) is 4.81. The van der Waals surface area contributed by atoms with Crippen LogP contribution in [0.4, 0.5) is 5.82 Å². The number of rotatable bonds is 5. The maximum Gasteiger partial charge on any atom is 0.243 e. The molecule has 1 saturated heterocycles. The molecule has 2 aromatic heterocycles. The third kappa shape index (κ3) is 4.23. The first kappa shape index (κ1) is 20.5. The summed E-state index contributed by atoms with van der Waals surface area (Å²) in [7, 11) is -1.96. The minimum Gasteiger partial charge on any atom is -0.495 e. The zero-order valence-corrected chi connectivity index (χ0v) is 17.8. The topological polar surface area (TPSA) is 88.5 Å². The first-order valence-electron chi connectivity index (χ1n) is 9.29. The van der Waals surface area contributed by atoms with E-state index in [1.54, 1.807) is 31.6 Å². The van der Waals surface area contributed by atoms with Crippen molar-refractivity contribution in [2.45, 2.75) is 4.90 Å². The van der Waals surface area contributed by atoms with Crippen molar-refractivity contribution < 1.29 is 13.2 Å². The average Bonchev–Trinajstić information content (AvgIpc) is 2.79. The van der Waals surface area contributed by atoms with Crippen LogP contribution in [0.1, 0.15) is 0 Å². The van der Waals surface area contributed by atoms with Crippen molar-refractivity contribution in [1.29, 1.82) is 0 Å². The zero-order chi connectivity index (χ0) is 21.1. The molecule has 0 aliphatic carbocycles. The van der Waals surface area contributed by atoms with E-state index in [0.29, 0.717) is 37.0 Å². The van der Waals surface area contributed by atoms with Crippen LogP contribution in [0, 0.1) is 0 Å². The molecule has 1 aliphatic heterocycles. The minimum atomic E-state index is -3.55. The lowest BCUT2D eigenvalue weighted by atomic mass is 10.2. The molecule has 1 aliphatic rings. The number of pyridine rings is 1. The number of nitrogens with zero attached hydrogens (tertiary/aromatic N) is 5. The van der Waals surface area contributed by atoms with Crippen molar-refractivity contribution in [2.75, 3.05) is 38.2 Å². The third-order valence-electron chi connectivity index (χ3n) is 4.91. The molecule has 0 radical (unpaired) electrons. The van der Waals surface area contributed by atoms with Gasteiger partial charge in [0.15, 0.2) is 0 Å². The molecule has 1 fully saturated rings. The molecule has 0 unspecified atom stereocenters. The molecule has 0 spiro atoms. The number of piperazine rings is 1. The molecular formula is C20H20ClN5O3S. The molecule has 156 valence electrons. The molecule has 3 aromatic rings. The Kier molecular flexibility index (Phi) is 5.85. The van der Waals surface area contributed by atoms with Gasteiger partial charge in [-0.15, -0.1) is 0 Å². The Morgan fingerprint density at radius 1 is 1.00 bits per heavy atom. The van der Waals surface area contributed by atoms with Crippen molar-refractivity contribution >= 4 is 27.4 Å². The molecule has 1 aromatic carbocycles. The van der Waals surface area contributed by atoms with Gasteiger partial charge in [-0.2, -0.15) is 4.31 Å². The van der Waals surface area contributed by atoms with E-state index < -0.39 is 10.0 Å². The van der Waals surface area contributed by atoms with E-state index in [0.717, 1.165) is 17.1 Å². The number of benzene rings is 1. The van der Waals surface area contributed by atoms with Gasteiger partial charge < -0.3 is 9.64 Å². The van der Waals surface area contributed by atoms with Crippen LogP contribution in [0.5, 0.6) is 5.75 Å². The summed E-state index contributed by atoms with van der Waals surface area (Å²) in [5, 5.41) is 0.504. The number of ether oxygens (including phenoxy) is 1. The SMILES string of the molecule is COc1cncc(-c2cc(N3CCN(S(=O)(=O)c4ccc(Cl)cc4)CC3)ncn2)c1. The number of methoxy groups -OCH3 is 1.